The van der Waals surface area contributed by atoms with Gasteiger partial charge in [0.05, 0.1) is 0 Å². The number of fused-ring (bicyclic) bond motifs is 1. The maximum atomic E-state index is 12.5. The van der Waals surface area contributed by atoms with E-state index in [1.54, 1.807) is 36.4 Å². The van der Waals surface area contributed by atoms with E-state index in [1.807, 2.05) is 43.3 Å². The van der Waals surface area contributed by atoms with Gasteiger partial charge in [-0.15, -0.1) is 0 Å². The number of aryl methyl sites for hydroxylation is 1. The average molecular weight is 388 g/mol. The molecule has 1 aliphatic heterocycles. The Bertz CT molecular complexity index is 1050. The highest BCUT2D eigenvalue weighted by Gasteiger charge is 2.27. The molecule has 6 nitrogen and oxygen atoms in total. The Morgan fingerprint density at radius 2 is 1.55 bits per heavy atom. The summed E-state index contributed by atoms with van der Waals surface area (Å²) in [6.07, 6.45) is -0.742. The molecule has 0 saturated carbocycles. The van der Waals surface area contributed by atoms with Crippen molar-refractivity contribution in [1.29, 1.82) is 0 Å². The van der Waals surface area contributed by atoms with Crippen molar-refractivity contribution in [3.8, 4) is 11.5 Å². The van der Waals surface area contributed by atoms with Gasteiger partial charge in [0.25, 0.3) is 11.8 Å². The van der Waals surface area contributed by atoms with Crippen molar-refractivity contribution >= 4 is 23.2 Å². The topological polar surface area (TPSA) is 76.7 Å². The lowest BCUT2D eigenvalue weighted by Crippen LogP contribution is -2.40. The molecule has 1 heterocycles. The Kier molecular flexibility index (Phi) is 5.16. The van der Waals surface area contributed by atoms with Crippen molar-refractivity contribution < 1.29 is 19.1 Å². The second-order valence-corrected chi connectivity index (χ2v) is 6.70. The summed E-state index contributed by atoms with van der Waals surface area (Å²) in [5.41, 5.74) is 2.83. The number of anilines is 2. The van der Waals surface area contributed by atoms with E-state index in [-0.39, 0.29) is 18.4 Å². The van der Waals surface area contributed by atoms with Crippen molar-refractivity contribution in [1.82, 2.24) is 0 Å². The zero-order valence-electron chi connectivity index (χ0n) is 15.8. The number of benzene rings is 3. The lowest BCUT2D eigenvalue weighted by molar-refractivity contribution is -0.125. The van der Waals surface area contributed by atoms with Crippen LogP contribution in [-0.2, 0) is 4.79 Å². The monoisotopic (exact) mass is 388 g/mol. The molecule has 2 N–H and O–H groups in total. The summed E-state index contributed by atoms with van der Waals surface area (Å²) >= 11 is 0. The molecule has 1 aliphatic rings. The number of carbonyl (C=O) groups is 2. The molecule has 0 spiro atoms. The van der Waals surface area contributed by atoms with Crippen LogP contribution in [0.1, 0.15) is 15.9 Å². The molecule has 3 aromatic rings. The highest BCUT2D eigenvalue weighted by atomic mass is 16.6. The molecule has 0 aromatic heterocycles. The minimum atomic E-state index is -0.742. The van der Waals surface area contributed by atoms with Crippen LogP contribution in [-0.4, -0.2) is 24.5 Å². The van der Waals surface area contributed by atoms with E-state index in [4.69, 9.17) is 9.47 Å². The Balaban J connectivity index is 1.38. The van der Waals surface area contributed by atoms with E-state index in [0.29, 0.717) is 22.7 Å². The number of ether oxygens (including phenoxy) is 2. The van der Waals surface area contributed by atoms with Gasteiger partial charge in [0.2, 0.25) is 6.10 Å². The zero-order chi connectivity index (χ0) is 20.2. The minimum absolute atomic E-state index is 0.139. The molecule has 3 aromatic carbocycles. The van der Waals surface area contributed by atoms with Crippen molar-refractivity contribution in [2.75, 3.05) is 17.2 Å². The quantitative estimate of drug-likeness (QED) is 0.708. The fourth-order valence-electron chi connectivity index (χ4n) is 2.98. The maximum Gasteiger partial charge on any atom is 0.269 e. The molecule has 0 aliphatic carbocycles. The molecule has 0 bridgehead atoms. The first-order chi connectivity index (χ1) is 14.1. The summed E-state index contributed by atoms with van der Waals surface area (Å²) in [6.45, 7) is 2.07. The Morgan fingerprint density at radius 3 is 2.31 bits per heavy atom. The standard InChI is InChI=1S/C23H20N2O4/c1-15-6-2-3-7-18(15)25-22(26)16-10-12-17(13-11-16)24-23(27)21-14-28-19-8-4-5-9-20(19)29-21/h2-13,21H,14H2,1H3,(H,24,27)(H,25,26). The van der Waals surface area contributed by atoms with Gasteiger partial charge in [-0.05, 0) is 55.0 Å². The van der Waals surface area contributed by atoms with E-state index in [2.05, 4.69) is 10.6 Å². The van der Waals surface area contributed by atoms with E-state index in [0.717, 1.165) is 11.3 Å². The van der Waals surface area contributed by atoms with Crippen LogP contribution >= 0.6 is 0 Å². The molecule has 0 radical (unpaired) electrons. The van der Waals surface area contributed by atoms with Gasteiger partial charge in [0, 0.05) is 16.9 Å². The summed E-state index contributed by atoms with van der Waals surface area (Å²) < 4.78 is 11.3. The third kappa shape index (κ3) is 4.21. The molecule has 1 unspecified atom stereocenters. The third-order valence-electron chi connectivity index (χ3n) is 4.61. The number of hydrogen-bond acceptors (Lipinski definition) is 4. The van der Waals surface area contributed by atoms with Gasteiger partial charge in [-0.3, -0.25) is 9.59 Å². The Labute approximate surface area is 168 Å². The molecule has 4 rings (SSSR count). The average Bonchev–Trinajstić information content (AvgIpc) is 2.75. The summed E-state index contributed by atoms with van der Waals surface area (Å²) in [5, 5.41) is 5.68. The SMILES string of the molecule is Cc1ccccc1NC(=O)c1ccc(NC(=O)C2COc3ccccc3O2)cc1. The number of rotatable bonds is 4. The second kappa shape index (κ2) is 8.06. The number of amides is 2. The van der Waals surface area contributed by atoms with Crippen molar-refractivity contribution in [3.63, 3.8) is 0 Å². The first-order valence-electron chi connectivity index (χ1n) is 9.26. The maximum absolute atomic E-state index is 12.5. The summed E-state index contributed by atoms with van der Waals surface area (Å²) in [7, 11) is 0. The summed E-state index contributed by atoms with van der Waals surface area (Å²) in [4.78, 5) is 24.9. The number of nitrogens with one attached hydrogen (secondary N) is 2. The first kappa shape index (κ1) is 18.6. The minimum Gasteiger partial charge on any atom is -0.485 e. The highest BCUT2D eigenvalue weighted by Crippen LogP contribution is 2.31. The van der Waals surface area contributed by atoms with E-state index in [1.165, 1.54) is 0 Å². The lowest BCUT2D eigenvalue weighted by Gasteiger charge is -2.25. The Morgan fingerprint density at radius 1 is 0.862 bits per heavy atom. The van der Waals surface area contributed by atoms with Gasteiger partial charge < -0.3 is 20.1 Å². The second-order valence-electron chi connectivity index (χ2n) is 6.70. The molecule has 2 amide bonds. The van der Waals surface area contributed by atoms with Gasteiger partial charge in [0.15, 0.2) is 11.5 Å². The number of hydrogen-bond donors (Lipinski definition) is 2. The number of carbonyl (C=O) groups excluding carboxylic acids is 2. The van der Waals surface area contributed by atoms with Gasteiger partial charge in [-0.1, -0.05) is 30.3 Å². The predicted molar refractivity (Wildman–Crippen MR) is 111 cm³/mol. The van der Waals surface area contributed by atoms with Crippen LogP contribution in [0.3, 0.4) is 0 Å². The van der Waals surface area contributed by atoms with Gasteiger partial charge in [-0.2, -0.15) is 0 Å². The summed E-state index contributed by atoms with van der Waals surface area (Å²) in [6, 6.07) is 21.5. The van der Waals surface area contributed by atoms with Crippen LogP contribution in [0.4, 0.5) is 11.4 Å². The van der Waals surface area contributed by atoms with Crippen LogP contribution in [0.15, 0.2) is 72.8 Å². The molecule has 146 valence electrons. The van der Waals surface area contributed by atoms with Crippen LogP contribution in [0.5, 0.6) is 11.5 Å². The van der Waals surface area contributed by atoms with Crippen molar-refractivity contribution in [2.24, 2.45) is 0 Å². The largest absolute Gasteiger partial charge is 0.485 e. The predicted octanol–water partition coefficient (Wildman–Crippen LogP) is 4.03. The number of para-hydroxylation sites is 3. The lowest BCUT2D eigenvalue weighted by atomic mass is 10.1. The van der Waals surface area contributed by atoms with E-state index < -0.39 is 6.10 Å². The van der Waals surface area contributed by atoms with E-state index in [9.17, 15) is 9.59 Å². The fraction of sp³-hybridized carbons (Fsp3) is 0.130. The highest BCUT2D eigenvalue weighted by molar-refractivity contribution is 6.05. The summed E-state index contributed by atoms with van der Waals surface area (Å²) in [5.74, 6) is 0.650. The molecule has 0 saturated heterocycles. The molecular formula is C23H20N2O4. The smallest absolute Gasteiger partial charge is 0.269 e. The molecule has 1 atom stereocenters. The zero-order valence-corrected chi connectivity index (χ0v) is 15.8. The molecule has 29 heavy (non-hydrogen) atoms. The fourth-order valence-corrected chi connectivity index (χ4v) is 2.98. The third-order valence-corrected chi connectivity index (χ3v) is 4.61. The van der Waals surface area contributed by atoms with Gasteiger partial charge in [0.1, 0.15) is 6.61 Å². The Hall–Kier alpha value is -3.80. The van der Waals surface area contributed by atoms with Crippen molar-refractivity contribution in [2.45, 2.75) is 13.0 Å². The first-order valence-corrected chi connectivity index (χ1v) is 9.26. The van der Waals surface area contributed by atoms with Crippen LogP contribution in [0.2, 0.25) is 0 Å². The molecule has 6 heteroatoms. The van der Waals surface area contributed by atoms with E-state index >= 15 is 0 Å². The van der Waals surface area contributed by atoms with Crippen molar-refractivity contribution in [3.05, 3.63) is 83.9 Å². The van der Waals surface area contributed by atoms with Gasteiger partial charge >= 0.3 is 0 Å². The van der Waals surface area contributed by atoms with Crippen LogP contribution in [0.25, 0.3) is 0 Å². The van der Waals surface area contributed by atoms with Gasteiger partial charge in [-0.25, -0.2) is 0 Å². The molecule has 0 fully saturated rings. The van der Waals surface area contributed by atoms with Crippen LogP contribution in [0, 0.1) is 6.92 Å². The normalized spacial score (nSPS) is 14.7. The molecular weight excluding hydrogens is 368 g/mol. The van der Waals surface area contributed by atoms with Crippen LogP contribution < -0.4 is 20.1 Å².